The number of halogens is 1. The third kappa shape index (κ3) is 3.68. The van der Waals surface area contributed by atoms with Gasteiger partial charge in [-0.2, -0.15) is 0 Å². The Hall–Kier alpha value is -1.66. The maximum Gasteiger partial charge on any atom is 0.135 e. The van der Waals surface area contributed by atoms with Gasteiger partial charge in [0.1, 0.15) is 18.0 Å². The minimum atomic E-state index is 0.591. The number of rotatable bonds is 5. The Bertz CT molecular complexity index is 588. The molecule has 1 heterocycles. The van der Waals surface area contributed by atoms with Crippen molar-refractivity contribution in [2.45, 2.75) is 6.92 Å². The molecule has 0 aliphatic rings. The van der Waals surface area contributed by atoms with E-state index in [-0.39, 0.29) is 0 Å². The molecule has 0 bridgehead atoms. The van der Waals surface area contributed by atoms with Crippen molar-refractivity contribution in [1.82, 2.24) is 9.97 Å². The van der Waals surface area contributed by atoms with Gasteiger partial charge in [-0.1, -0.05) is 22.0 Å². The molecule has 2 rings (SSSR count). The minimum absolute atomic E-state index is 0.591. The molecule has 0 spiro atoms. The molecule has 0 saturated heterocycles. The van der Waals surface area contributed by atoms with Gasteiger partial charge in [0.25, 0.3) is 0 Å². The molecule has 0 amide bonds. The number of nitrogens with two attached hydrogens (primary N) is 1. The number of likely N-dealkylation sites (N-methyl/N-ethyl adjacent to an activating group) is 1. The Balaban J connectivity index is 2.16. The summed E-state index contributed by atoms with van der Waals surface area (Å²) in [4.78, 5) is 10.5. The van der Waals surface area contributed by atoms with Crippen LogP contribution in [0.1, 0.15) is 5.56 Å². The Morgan fingerprint density at radius 1 is 1.30 bits per heavy atom. The van der Waals surface area contributed by atoms with E-state index in [0.717, 1.165) is 28.3 Å². The fourth-order valence-corrected chi connectivity index (χ4v) is 2.13. The van der Waals surface area contributed by atoms with Crippen LogP contribution in [0.5, 0.6) is 0 Å². The van der Waals surface area contributed by atoms with Gasteiger partial charge in [-0.05, 0) is 24.6 Å². The van der Waals surface area contributed by atoms with Gasteiger partial charge in [0.15, 0.2) is 0 Å². The average Bonchev–Trinajstić information content (AvgIpc) is 2.43. The average molecular weight is 336 g/mol. The van der Waals surface area contributed by atoms with Crippen LogP contribution in [0.3, 0.4) is 0 Å². The maximum absolute atomic E-state index is 5.55. The van der Waals surface area contributed by atoms with Gasteiger partial charge in [-0.25, -0.2) is 9.97 Å². The van der Waals surface area contributed by atoms with Crippen LogP contribution in [0, 0.1) is 6.92 Å². The van der Waals surface area contributed by atoms with Gasteiger partial charge < -0.3 is 16.0 Å². The predicted octanol–water partition coefficient (Wildman–Crippen LogP) is 2.69. The highest BCUT2D eigenvalue weighted by molar-refractivity contribution is 9.10. The van der Waals surface area contributed by atoms with Crippen LogP contribution in [-0.4, -0.2) is 30.1 Å². The molecule has 6 heteroatoms. The van der Waals surface area contributed by atoms with Gasteiger partial charge in [0, 0.05) is 36.4 Å². The molecule has 0 aliphatic carbocycles. The molecule has 2 aromatic rings. The number of benzene rings is 1. The van der Waals surface area contributed by atoms with Crippen LogP contribution in [0.4, 0.5) is 17.3 Å². The molecule has 0 aliphatic heterocycles. The molecule has 0 atom stereocenters. The Labute approximate surface area is 127 Å². The summed E-state index contributed by atoms with van der Waals surface area (Å²) < 4.78 is 1.07. The van der Waals surface area contributed by atoms with Gasteiger partial charge >= 0.3 is 0 Å². The van der Waals surface area contributed by atoms with Crippen molar-refractivity contribution in [3.8, 4) is 0 Å². The quantitative estimate of drug-likeness (QED) is 0.879. The molecule has 0 saturated carbocycles. The lowest BCUT2D eigenvalue weighted by Gasteiger charge is -2.17. The van der Waals surface area contributed by atoms with Gasteiger partial charge in [-0.15, -0.1) is 0 Å². The molecular formula is C14H18BrN5. The number of anilines is 3. The molecule has 1 aromatic heterocycles. The normalized spacial score (nSPS) is 10.4. The first-order chi connectivity index (χ1) is 9.60. The second kappa shape index (κ2) is 6.67. The van der Waals surface area contributed by atoms with Crippen LogP contribution < -0.4 is 16.0 Å². The fraction of sp³-hybridized carbons (Fsp3) is 0.286. The molecule has 1 aromatic carbocycles. The van der Waals surface area contributed by atoms with E-state index in [1.165, 1.54) is 5.56 Å². The van der Waals surface area contributed by atoms with Crippen molar-refractivity contribution < 1.29 is 0 Å². The summed E-state index contributed by atoms with van der Waals surface area (Å²) in [5, 5.41) is 3.27. The topological polar surface area (TPSA) is 67.1 Å². The Kier molecular flexibility index (Phi) is 4.92. The number of hydrogen-bond donors (Lipinski definition) is 2. The van der Waals surface area contributed by atoms with Crippen LogP contribution >= 0.6 is 15.9 Å². The summed E-state index contributed by atoms with van der Waals surface area (Å²) in [7, 11) is 1.96. The monoisotopic (exact) mass is 335 g/mol. The van der Waals surface area contributed by atoms with Crippen molar-refractivity contribution in [2.75, 3.05) is 30.4 Å². The van der Waals surface area contributed by atoms with E-state index in [9.17, 15) is 0 Å². The molecule has 0 fully saturated rings. The Morgan fingerprint density at radius 3 is 2.80 bits per heavy atom. The lowest BCUT2D eigenvalue weighted by molar-refractivity contribution is 0.864. The number of aryl methyl sites for hydroxylation is 1. The van der Waals surface area contributed by atoms with Crippen LogP contribution in [0.25, 0.3) is 0 Å². The molecule has 5 nitrogen and oxygen atoms in total. The largest absolute Gasteiger partial charge is 0.358 e. The smallest absolute Gasteiger partial charge is 0.135 e. The van der Waals surface area contributed by atoms with E-state index < -0.39 is 0 Å². The van der Waals surface area contributed by atoms with Gasteiger partial charge in [-0.3, -0.25) is 0 Å². The summed E-state index contributed by atoms with van der Waals surface area (Å²) in [5.41, 5.74) is 7.73. The predicted molar refractivity (Wildman–Crippen MR) is 86.5 cm³/mol. The van der Waals surface area contributed by atoms with Crippen molar-refractivity contribution in [1.29, 1.82) is 0 Å². The molecule has 106 valence electrons. The third-order valence-electron chi connectivity index (χ3n) is 2.95. The summed E-state index contributed by atoms with van der Waals surface area (Å²) >= 11 is 3.52. The van der Waals surface area contributed by atoms with E-state index in [0.29, 0.717) is 6.54 Å². The summed E-state index contributed by atoms with van der Waals surface area (Å²) in [6.07, 6.45) is 1.55. The lowest BCUT2D eigenvalue weighted by atomic mass is 10.2. The molecular weight excluding hydrogens is 318 g/mol. The van der Waals surface area contributed by atoms with E-state index in [1.54, 1.807) is 6.33 Å². The number of hydrogen-bond acceptors (Lipinski definition) is 5. The van der Waals surface area contributed by atoms with Crippen molar-refractivity contribution in [2.24, 2.45) is 5.73 Å². The van der Waals surface area contributed by atoms with E-state index >= 15 is 0 Å². The number of aromatic nitrogens is 2. The minimum Gasteiger partial charge on any atom is -0.358 e. The summed E-state index contributed by atoms with van der Waals surface area (Å²) in [6, 6.07) is 8.00. The second-order valence-electron chi connectivity index (χ2n) is 4.56. The zero-order chi connectivity index (χ0) is 14.5. The summed E-state index contributed by atoms with van der Waals surface area (Å²) in [5.74, 6) is 1.61. The highest BCUT2D eigenvalue weighted by Gasteiger charge is 2.04. The van der Waals surface area contributed by atoms with Crippen LogP contribution in [-0.2, 0) is 0 Å². The van der Waals surface area contributed by atoms with E-state index in [4.69, 9.17) is 5.73 Å². The lowest BCUT2D eigenvalue weighted by Crippen LogP contribution is -2.25. The van der Waals surface area contributed by atoms with Gasteiger partial charge in [0.2, 0.25) is 0 Å². The van der Waals surface area contributed by atoms with Crippen molar-refractivity contribution >= 4 is 33.3 Å². The maximum atomic E-state index is 5.55. The highest BCUT2D eigenvalue weighted by Crippen LogP contribution is 2.23. The first-order valence-electron chi connectivity index (χ1n) is 6.36. The Morgan fingerprint density at radius 2 is 2.10 bits per heavy atom. The first-order valence-corrected chi connectivity index (χ1v) is 7.16. The molecule has 20 heavy (non-hydrogen) atoms. The standard InChI is InChI=1S/C14H18BrN5/c1-10-3-4-11(7-12(10)15)19-13-8-14(18-9-17-13)20(2)6-5-16/h3-4,7-9H,5-6,16H2,1-2H3,(H,17,18,19). The zero-order valence-corrected chi connectivity index (χ0v) is 13.2. The van der Waals surface area contributed by atoms with Crippen LogP contribution in [0.15, 0.2) is 35.1 Å². The second-order valence-corrected chi connectivity index (χ2v) is 5.41. The highest BCUT2D eigenvalue weighted by atomic mass is 79.9. The fourth-order valence-electron chi connectivity index (χ4n) is 1.75. The van der Waals surface area contributed by atoms with E-state index in [2.05, 4.69) is 44.2 Å². The van der Waals surface area contributed by atoms with Crippen molar-refractivity contribution in [3.05, 3.63) is 40.6 Å². The molecule has 0 radical (unpaired) electrons. The van der Waals surface area contributed by atoms with Crippen molar-refractivity contribution in [3.63, 3.8) is 0 Å². The molecule has 0 unspecified atom stereocenters. The van der Waals surface area contributed by atoms with Gasteiger partial charge in [0.05, 0.1) is 0 Å². The number of nitrogens with one attached hydrogen (secondary N) is 1. The summed E-state index contributed by atoms with van der Waals surface area (Å²) in [6.45, 7) is 3.40. The molecule has 3 N–H and O–H groups in total. The third-order valence-corrected chi connectivity index (χ3v) is 3.81. The SMILES string of the molecule is Cc1ccc(Nc2cc(N(C)CCN)ncn2)cc1Br. The number of nitrogens with zero attached hydrogens (tertiary/aromatic N) is 3. The first kappa shape index (κ1) is 14.7. The van der Waals surface area contributed by atoms with E-state index in [1.807, 2.05) is 30.1 Å². The zero-order valence-electron chi connectivity index (χ0n) is 11.6. The van der Waals surface area contributed by atoms with Crippen LogP contribution in [0.2, 0.25) is 0 Å².